The lowest BCUT2D eigenvalue weighted by molar-refractivity contribution is -0.143. The second-order valence-electron chi connectivity index (χ2n) is 4.90. The van der Waals surface area contributed by atoms with E-state index in [0.717, 1.165) is 0 Å². The summed E-state index contributed by atoms with van der Waals surface area (Å²) in [5.41, 5.74) is 5.81. The molecule has 2 N–H and O–H groups in total. The summed E-state index contributed by atoms with van der Waals surface area (Å²) in [7, 11) is 1.43. The van der Waals surface area contributed by atoms with Crippen LogP contribution in [0.25, 0.3) is 0 Å². The van der Waals surface area contributed by atoms with Gasteiger partial charge in [-0.3, -0.25) is 4.79 Å². The predicted molar refractivity (Wildman–Crippen MR) is 55.7 cm³/mol. The second-order valence-corrected chi connectivity index (χ2v) is 4.90. The zero-order valence-electron chi connectivity index (χ0n) is 9.38. The molecule has 0 aromatic carbocycles. The van der Waals surface area contributed by atoms with E-state index >= 15 is 0 Å². The Labute approximate surface area is 86.0 Å². The van der Waals surface area contributed by atoms with Crippen molar-refractivity contribution in [2.24, 2.45) is 17.6 Å². The van der Waals surface area contributed by atoms with E-state index < -0.39 is 0 Å². The van der Waals surface area contributed by atoms with Gasteiger partial charge in [0, 0.05) is 5.54 Å². The van der Waals surface area contributed by atoms with Gasteiger partial charge in [0.25, 0.3) is 0 Å². The first-order valence-electron chi connectivity index (χ1n) is 5.31. The Morgan fingerprint density at radius 2 is 2.14 bits per heavy atom. The van der Waals surface area contributed by atoms with Crippen LogP contribution in [0, 0.1) is 11.8 Å². The lowest BCUT2D eigenvalue weighted by Gasteiger charge is -2.41. The van der Waals surface area contributed by atoms with Gasteiger partial charge in [0.2, 0.25) is 0 Å². The van der Waals surface area contributed by atoms with Crippen LogP contribution in [-0.4, -0.2) is 18.6 Å². The maximum Gasteiger partial charge on any atom is 0.305 e. The fourth-order valence-corrected chi connectivity index (χ4v) is 2.14. The Balaban J connectivity index is 2.57. The summed E-state index contributed by atoms with van der Waals surface area (Å²) in [4.78, 5) is 11.2. The maximum absolute atomic E-state index is 11.2. The molecule has 0 aliphatic heterocycles. The van der Waals surface area contributed by atoms with E-state index in [0.29, 0.717) is 12.3 Å². The van der Waals surface area contributed by atoms with Crippen molar-refractivity contribution in [3.8, 4) is 0 Å². The first-order valence-corrected chi connectivity index (χ1v) is 5.31. The minimum Gasteiger partial charge on any atom is -0.469 e. The SMILES string of the molecule is COC(=O)CC(C1CCC1)C(C)(C)N. The minimum atomic E-state index is -0.278. The van der Waals surface area contributed by atoms with Crippen LogP contribution in [-0.2, 0) is 9.53 Å². The van der Waals surface area contributed by atoms with Crippen LogP contribution in [0.5, 0.6) is 0 Å². The maximum atomic E-state index is 11.2. The van der Waals surface area contributed by atoms with Gasteiger partial charge in [-0.15, -0.1) is 0 Å². The fourth-order valence-electron chi connectivity index (χ4n) is 2.14. The number of hydrogen-bond acceptors (Lipinski definition) is 3. The minimum absolute atomic E-state index is 0.138. The molecule has 1 saturated carbocycles. The predicted octanol–water partition coefficient (Wildman–Crippen LogP) is 1.70. The molecular weight excluding hydrogens is 178 g/mol. The molecule has 1 atom stereocenters. The number of carbonyl (C=O) groups excluding carboxylic acids is 1. The summed E-state index contributed by atoms with van der Waals surface area (Å²) in [5, 5.41) is 0. The van der Waals surface area contributed by atoms with E-state index in [-0.39, 0.29) is 17.4 Å². The number of hydrogen-bond donors (Lipinski definition) is 1. The van der Waals surface area contributed by atoms with Gasteiger partial charge in [-0.05, 0) is 25.7 Å². The van der Waals surface area contributed by atoms with Crippen LogP contribution >= 0.6 is 0 Å². The van der Waals surface area contributed by atoms with E-state index in [9.17, 15) is 4.79 Å². The molecule has 0 aromatic heterocycles. The Morgan fingerprint density at radius 1 is 1.57 bits per heavy atom. The number of nitrogens with two attached hydrogens (primary N) is 1. The summed E-state index contributed by atoms with van der Waals surface area (Å²) in [6.07, 6.45) is 4.16. The van der Waals surface area contributed by atoms with Crippen molar-refractivity contribution in [1.29, 1.82) is 0 Å². The second kappa shape index (κ2) is 4.30. The van der Waals surface area contributed by atoms with Crippen LogP contribution in [0.4, 0.5) is 0 Å². The highest BCUT2D eigenvalue weighted by molar-refractivity contribution is 5.69. The monoisotopic (exact) mass is 199 g/mol. The first-order chi connectivity index (χ1) is 6.45. The number of methoxy groups -OCH3 is 1. The van der Waals surface area contributed by atoms with Gasteiger partial charge in [0.05, 0.1) is 13.5 Å². The van der Waals surface area contributed by atoms with Crippen molar-refractivity contribution >= 4 is 5.97 Å². The smallest absolute Gasteiger partial charge is 0.305 e. The molecule has 1 aliphatic rings. The van der Waals surface area contributed by atoms with Gasteiger partial charge in [0.15, 0.2) is 0 Å². The summed E-state index contributed by atoms with van der Waals surface area (Å²) in [6, 6.07) is 0. The Hall–Kier alpha value is -0.570. The fraction of sp³-hybridized carbons (Fsp3) is 0.909. The van der Waals surface area contributed by atoms with E-state index in [1.165, 1.54) is 26.4 Å². The van der Waals surface area contributed by atoms with Crippen molar-refractivity contribution in [2.45, 2.75) is 45.1 Å². The lowest BCUT2D eigenvalue weighted by atomic mass is 9.67. The third kappa shape index (κ3) is 2.71. The highest BCUT2D eigenvalue weighted by Gasteiger charge is 2.37. The van der Waals surface area contributed by atoms with Gasteiger partial charge in [-0.1, -0.05) is 19.3 Å². The van der Waals surface area contributed by atoms with Crippen LogP contribution in [0.1, 0.15) is 39.5 Å². The molecule has 82 valence electrons. The molecule has 3 heteroatoms. The third-order valence-corrected chi connectivity index (χ3v) is 3.29. The normalized spacial score (nSPS) is 20.0. The molecular formula is C11H21NO2. The summed E-state index contributed by atoms with van der Waals surface area (Å²) < 4.78 is 4.70. The van der Waals surface area contributed by atoms with Crippen LogP contribution in [0.15, 0.2) is 0 Å². The van der Waals surface area contributed by atoms with Crippen LogP contribution < -0.4 is 5.73 Å². The van der Waals surface area contributed by atoms with E-state index in [4.69, 9.17) is 10.5 Å². The summed E-state index contributed by atoms with van der Waals surface area (Å²) >= 11 is 0. The number of rotatable bonds is 4. The van der Waals surface area contributed by atoms with E-state index in [2.05, 4.69) is 0 Å². The molecule has 14 heavy (non-hydrogen) atoms. The topological polar surface area (TPSA) is 52.3 Å². The van der Waals surface area contributed by atoms with Gasteiger partial charge in [-0.25, -0.2) is 0 Å². The largest absolute Gasteiger partial charge is 0.469 e. The molecule has 1 rings (SSSR count). The third-order valence-electron chi connectivity index (χ3n) is 3.29. The summed E-state index contributed by atoms with van der Waals surface area (Å²) in [6.45, 7) is 4.00. The van der Waals surface area contributed by atoms with Crippen molar-refractivity contribution in [1.82, 2.24) is 0 Å². The molecule has 1 fully saturated rings. The number of esters is 1. The van der Waals surface area contributed by atoms with Crippen LogP contribution in [0.2, 0.25) is 0 Å². The molecule has 0 amide bonds. The van der Waals surface area contributed by atoms with E-state index in [1.807, 2.05) is 13.8 Å². The lowest BCUT2D eigenvalue weighted by Crippen LogP contribution is -2.47. The van der Waals surface area contributed by atoms with Crippen LogP contribution in [0.3, 0.4) is 0 Å². The van der Waals surface area contributed by atoms with Crippen molar-refractivity contribution < 1.29 is 9.53 Å². The molecule has 0 radical (unpaired) electrons. The Bertz CT molecular complexity index is 204. The molecule has 0 heterocycles. The Morgan fingerprint density at radius 3 is 2.43 bits per heavy atom. The molecule has 1 unspecified atom stereocenters. The molecule has 0 spiro atoms. The summed E-state index contributed by atoms with van der Waals surface area (Å²) in [5.74, 6) is 0.748. The number of ether oxygens (including phenoxy) is 1. The number of carbonyl (C=O) groups is 1. The Kier molecular flexibility index (Phi) is 3.53. The van der Waals surface area contributed by atoms with Gasteiger partial charge >= 0.3 is 5.97 Å². The van der Waals surface area contributed by atoms with Crippen molar-refractivity contribution in [3.63, 3.8) is 0 Å². The highest BCUT2D eigenvalue weighted by Crippen LogP contribution is 2.39. The average Bonchev–Trinajstić information content (AvgIpc) is 1.98. The molecule has 0 bridgehead atoms. The highest BCUT2D eigenvalue weighted by atomic mass is 16.5. The van der Waals surface area contributed by atoms with E-state index in [1.54, 1.807) is 0 Å². The molecule has 3 nitrogen and oxygen atoms in total. The molecule has 0 aromatic rings. The van der Waals surface area contributed by atoms with Crippen molar-refractivity contribution in [2.75, 3.05) is 7.11 Å². The molecule has 0 saturated heterocycles. The van der Waals surface area contributed by atoms with Crippen molar-refractivity contribution in [3.05, 3.63) is 0 Å². The first kappa shape index (κ1) is 11.5. The van der Waals surface area contributed by atoms with Gasteiger partial charge < -0.3 is 10.5 Å². The molecule has 1 aliphatic carbocycles. The standard InChI is InChI=1S/C11H21NO2/c1-11(2,12)9(7-10(13)14-3)8-5-4-6-8/h8-9H,4-7,12H2,1-3H3. The zero-order chi connectivity index (χ0) is 10.8. The van der Waals surface area contributed by atoms with Gasteiger partial charge in [-0.2, -0.15) is 0 Å². The van der Waals surface area contributed by atoms with Gasteiger partial charge in [0.1, 0.15) is 0 Å². The average molecular weight is 199 g/mol. The zero-order valence-corrected chi connectivity index (χ0v) is 9.38. The quantitative estimate of drug-likeness (QED) is 0.701.